The van der Waals surface area contributed by atoms with Gasteiger partial charge in [-0.1, -0.05) is 31.4 Å². The zero-order chi connectivity index (χ0) is 7.33. The Bertz CT molecular complexity index is 91.6. The molecule has 0 aromatic heterocycles. The van der Waals surface area contributed by atoms with Crippen molar-refractivity contribution in [2.45, 2.75) is 19.6 Å². The first-order chi connectivity index (χ1) is 4.06. The molecule has 0 aliphatic rings. The third-order valence-electron chi connectivity index (χ3n) is 0.881. The molecule has 0 aliphatic carbocycles. The Labute approximate surface area is 58.7 Å². The molecule has 0 saturated heterocycles. The van der Waals surface area contributed by atoms with Gasteiger partial charge in [-0.25, -0.2) is 0 Å². The maximum absolute atomic E-state index is 4.87. The van der Waals surface area contributed by atoms with Crippen LogP contribution in [0.25, 0.3) is 0 Å². The molecule has 0 spiro atoms. The molecule has 0 fully saturated rings. The maximum atomic E-state index is 4.87. The quantitative estimate of drug-likeness (QED) is 0.551. The van der Waals surface area contributed by atoms with E-state index in [2.05, 4.69) is 31.4 Å². The van der Waals surface area contributed by atoms with E-state index in [1.54, 1.807) is 7.11 Å². The zero-order valence-corrected chi connectivity index (χ0v) is 7.77. The van der Waals surface area contributed by atoms with Gasteiger partial charge in [-0.2, -0.15) is 0 Å². The Kier molecular flexibility index (Phi) is 3.82. The van der Waals surface area contributed by atoms with Gasteiger partial charge in [0.2, 0.25) is 0 Å². The molecule has 0 bridgehead atoms. The molecule has 0 N–H and O–H groups in total. The van der Waals surface area contributed by atoms with E-state index < -0.39 is 8.07 Å². The molecular weight excluding hydrogens is 128 g/mol. The van der Waals surface area contributed by atoms with Crippen molar-refractivity contribution in [2.75, 3.05) is 13.7 Å². The molecule has 54 valence electrons. The van der Waals surface area contributed by atoms with Gasteiger partial charge in [0.15, 0.2) is 0 Å². The molecule has 0 atom stereocenters. The third-order valence-corrected chi connectivity index (χ3v) is 2.12. The monoisotopic (exact) mass is 144 g/mol. The molecule has 0 heterocycles. The van der Waals surface area contributed by atoms with Gasteiger partial charge >= 0.3 is 0 Å². The molecule has 0 unspecified atom stereocenters. The Balaban J connectivity index is 3.45. The van der Waals surface area contributed by atoms with Crippen LogP contribution in [0.1, 0.15) is 0 Å². The summed E-state index contributed by atoms with van der Waals surface area (Å²) in [5, 5.41) is 0. The standard InChI is InChI=1S/C7H16OSi/c1-8-6-5-7-9(2,3)4/h5,7H,6H2,1-4H3/b7-5-. The van der Waals surface area contributed by atoms with Crippen LogP contribution in [-0.4, -0.2) is 21.8 Å². The Morgan fingerprint density at radius 1 is 1.33 bits per heavy atom. The molecule has 0 aliphatic heterocycles. The van der Waals surface area contributed by atoms with E-state index in [-0.39, 0.29) is 0 Å². The van der Waals surface area contributed by atoms with Crippen LogP contribution in [0.15, 0.2) is 11.8 Å². The first-order valence-electron chi connectivity index (χ1n) is 3.23. The summed E-state index contributed by atoms with van der Waals surface area (Å²) in [5.74, 6) is 0. The van der Waals surface area contributed by atoms with E-state index in [0.29, 0.717) is 0 Å². The summed E-state index contributed by atoms with van der Waals surface area (Å²) in [7, 11) is 0.762. The van der Waals surface area contributed by atoms with Gasteiger partial charge in [-0.15, -0.1) is 0 Å². The number of ether oxygens (including phenoxy) is 1. The van der Waals surface area contributed by atoms with Gasteiger partial charge in [0.05, 0.1) is 14.7 Å². The van der Waals surface area contributed by atoms with Crippen LogP contribution in [-0.2, 0) is 4.74 Å². The predicted octanol–water partition coefficient (Wildman–Crippen LogP) is 2.07. The number of methoxy groups -OCH3 is 1. The van der Waals surface area contributed by atoms with E-state index in [4.69, 9.17) is 4.74 Å². The van der Waals surface area contributed by atoms with Crippen molar-refractivity contribution in [1.29, 1.82) is 0 Å². The largest absolute Gasteiger partial charge is 0.381 e. The highest BCUT2D eigenvalue weighted by molar-refractivity contribution is 6.80. The van der Waals surface area contributed by atoms with Crippen molar-refractivity contribution in [3.8, 4) is 0 Å². The van der Waals surface area contributed by atoms with Crippen molar-refractivity contribution < 1.29 is 4.74 Å². The molecule has 0 rings (SSSR count). The molecule has 0 radical (unpaired) electrons. The van der Waals surface area contributed by atoms with Crippen LogP contribution in [0.4, 0.5) is 0 Å². The van der Waals surface area contributed by atoms with Gasteiger partial charge in [0.25, 0.3) is 0 Å². The fraction of sp³-hybridized carbons (Fsp3) is 0.714. The summed E-state index contributed by atoms with van der Waals surface area (Å²) in [4.78, 5) is 0. The molecule has 1 nitrogen and oxygen atoms in total. The van der Waals surface area contributed by atoms with E-state index in [9.17, 15) is 0 Å². The highest BCUT2D eigenvalue weighted by Gasteiger charge is 2.05. The second-order valence-corrected chi connectivity index (χ2v) is 8.29. The minimum Gasteiger partial charge on any atom is -0.381 e. The third kappa shape index (κ3) is 7.92. The van der Waals surface area contributed by atoms with Crippen LogP contribution >= 0.6 is 0 Å². The summed E-state index contributed by atoms with van der Waals surface area (Å²) >= 11 is 0. The minimum atomic E-state index is -0.955. The molecule has 2 heteroatoms. The van der Waals surface area contributed by atoms with Gasteiger partial charge in [0, 0.05) is 7.11 Å². The van der Waals surface area contributed by atoms with Crippen LogP contribution in [0, 0.1) is 0 Å². The van der Waals surface area contributed by atoms with Crippen LogP contribution in [0.5, 0.6) is 0 Å². The van der Waals surface area contributed by atoms with Crippen LogP contribution in [0.2, 0.25) is 19.6 Å². The topological polar surface area (TPSA) is 9.23 Å². The molecule has 0 amide bonds. The highest BCUT2D eigenvalue weighted by atomic mass is 28.3. The van der Waals surface area contributed by atoms with E-state index in [0.717, 1.165) is 6.61 Å². The normalized spacial score (nSPS) is 12.9. The van der Waals surface area contributed by atoms with Crippen molar-refractivity contribution in [3.05, 3.63) is 11.8 Å². The number of rotatable bonds is 3. The van der Waals surface area contributed by atoms with E-state index in [1.807, 2.05) is 0 Å². The number of hydrogen-bond acceptors (Lipinski definition) is 1. The minimum absolute atomic E-state index is 0.754. The van der Waals surface area contributed by atoms with Crippen LogP contribution in [0.3, 0.4) is 0 Å². The molecule has 0 aromatic rings. The fourth-order valence-electron chi connectivity index (χ4n) is 0.498. The molecule has 0 saturated carbocycles. The smallest absolute Gasteiger partial charge is 0.0683 e. The van der Waals surface area contributed by atoms with E-state index in [1.165, 1.54) is 0 Å². The van der Waals surface area contributed by atoms with E-state index >= 15 is 0 Å². The summed E-state index contributed by atoms with van der Waals surface area (Å²) < 4.78 is 4.87. The predicted molar refractivity (Wildman–Crippen MR) is 44.4 cm³/mol. The lowest BCUT2D eigenvalue weighted by Gasteiger charge is -2.07. The average Bonchev–Trinajstić information content (AvgIpc) is 1.63. The second-order valence-electron chi connectivity index (χ2n) is 3.22. The van der Waals surface area contributed by atoms with Crippen LogP contribution < -0.4 is 0 Å². The summed E-state index contributed by atoms with van der Waals surface area (Å²) in [6, 6.07) is 0. The lowest BCUT2D eigenvalue weighted by atomic mass is 10.7. The molecule has 0 aromatic carbocycles. The Morgan fingerprint density at radius 3 is 2.22 bits per heavy atom. The second kappa shape index (κ2) is 3.85. The fourth-order valence-corrected chi connectivity index (χ4v) is 1.30. The summed E-state index contributed by atoms with van der Waals surface area (Å²) in [5.41, 5.74) is 2.29. The molecular formula is C7H16OSi. The summed E-state index contributed by atoms with van der Waals surface area (Å²) in [6.07, 6.45) is 2.10. The van der Waals surface area contributed by atoms with Crippen molar-refractivity contribution in [3.63, 3.8) is 0 Å². The lowest BCUT2D eigenvalue weighted by molar-refractivity contribution is 0.234. The first-order valence-corrected chi connectivity index (χ1v) is 6.80. The first kappa shape index (κ1) is 8.92. The van der Waals surface area contributed by atoms with Crippen molar-refractivity contribution in [1.82, 2.24) is 0 Å². The lowest BCUT2D eigenvalue weighted by Crippen LogP contribution is -2.15. The van der Waals surface area contributed by atoms with Gasteiger partial charge in [0.1, 0.15) is 0 Å². The van der Waals surface area contributed by atoms with Gasteiger partial charge in [-0.05, 0) is 0 Å². The maximum Gasteiger partial charge on any atom is 0.0683 e. The number of hydrogen-bond donors (Lipinski definition) is 0. The Hall–Kier alpha value is -0.0831. The SMILES string of the molecule is COC/C=C\[Si](C)(C)C. The average molecular weight is 144 g/mol. The van der Waals surface area contributed by atoms with Gasteiger partial charge < -0.3 is 4.74 Å². The van der Waals surface area contributed by atoms with Gasteiger partial charge in [-0.3, -0.25) is 0 Å². The Morgan fingerprint density at radius 2 is 1.89 bits per heavy atom. The van der Waals surface area contributed by atoms with Crippen molar-refractivity contribution in [2.24, 2.45) is 0 Å². The summed E-state index contributed by atoms with van der Waals surface area (Å²) in [6.45, 7) is 7.67. The van der Waals surface area contributed by atoms with Crippen molar-refractivity contribution >= 4 is 8.07 Å². The molecule has 9 heavy (non-hydrogen) atoms. The zero-order valence-electron chi connectivity index (χ0n) is 6.77. The highest BCUT2D eigenvalue weighted by Crippen LogP contribution is 2.00.